The van der Waals surface area contributed by atoms with Crippen molar-refractivity contribution in [3.05, 3.63) is 103 Å². The molecule has 2 nitrogen and oxygen atoms in total. The van der Waals surface area contributed by atoms with Crippen molar-refractivity contribution in [3.63, 3.8) is 0 Å². The second-order valence-corrected chi connectivity index (χ2v) is 10.4. The largest absolute Gasteiger partial charge is 0.495 e. The summed E-state index contributed by atoms with van der Waals surface area (Å²) in [5, 5.41) is 5.07. The van der Waals surface area contributed by atoms with Gasteiger partial charge in [-0.15, -0.1) is 0 Å². The first-order chi connectivity index (χ1) is 16.9. The Morgan fingerprint density at radius 3 is 1.74 bits per heavy atom. The van der Waals surface area contributed by atoms with E-state index in [0.717, 1.165) is 11.0 Å². The van der Waals surface area contributed by atoms with Crippen LogP contribution < -0.4 is 5.46 Å². The van der Waals surface area contributed by atoms with Crippen LogP contribution in [0, 0.1) is 0 Å². The Balaban J connectivity index is 1.54. The van der Waals surface area contributed by atoms with Gasteiger partial charge in [0.15, 0.2) is 0 Å². The molecule has 35 heavy (non-hydrogen) atoms. The van der Waals surface area contributed by atoms with E-state index in [2.05, 4.69) is 131 Å². The molecule has 0 N–H and O–H groups in total. The predicted octanol–water partition coefficient (Wildman–Crippen LogP) is 7.63. The Morgan fingerprint density at radius 1 is 0.457 bits per heavy atom. The normalized spacial score (nSPS) is 16.7. The highest BCUT2D eigenvalue weighted by atomic mass is 16.7. The zero-order chi connectivity index (χ0) is 24.2. The summed E-state index contributed by atoms with van der Waals surface area (Å²) in [6.07, 6.45) is 0. The first-order valence-electron chi connectivity index (χ1n) is 12.3. The summed E-state index contributed by atoms with van der Waals surface area (Å²) in [6.45, 7) is 8.40. The van der Waals surface area contributed by atoms with Gasteiger partial charge in [-0.05, 0) is 77.0 Å². The molecule has 1 aliphatic heterocycles. The third-order valence-corrected chi connectivity index (χ3v) is 7.76. The zero-order valence-electron chi connectivity index (χ0n) is 20.7. The number of hydrogen-bond acceptors (Lipinski definition) is 2. The fourth-order valence-corrected chi connectivity index (χ4v) is 5.15. The second-order valence-electron chi connectivity index (χ2n) is 10.4. The van der Waals surface area contributed by atoms with E-state index in [1.165, 1.54) is 38.2 Å². The molecule has 5 aromatic carbocycles. The van der Waals surface area contributed by atoms with Crippen LogP contribution in [0.2, 0.25) is 0 Å². The molecule has 3 heteroatoms. The molecule has 0 unspecified atom stereocenters. The lowest BCUT2D eigenvalue weighted by atomic mass is 9.73. The van der Waals surface area contributed by atoms with E-state index in [1.54, 1.807) is 0 Å². The monoisotopic (exact) mass is 456 g/mol. The van der Waals surface area contributed by atoms with Gasteiger partial charge in [-0.2, -0.15) is 0 Å². The number of fused-ring (bicyclic) bond motifs is 3. The summed E-state index contributed by atoms with van der Waals surface area (Å²) in [5.41, 5.74) is 5.04. The lowest BCUT2D eigenvalue weighted by molar-refractivity contribution is 0.00578. The Kier molecular flexibility index (Phi) is 5.10. The van der Waals surface area contributed by atoms with E-state index in [1.807, 2.05) is 0 Å². The van der Waals surface area contributed by atoms with E-state index < -0.39 is 7.12 Å². The molecule has 0 bridgehead atoms. The molecule has 1 heterocycles. The third-order valence-electron chi connectivity index (χ3n) is 7.76. The molecule has 1 fully saturated rings. The highest BCUT2D eigenvalue weighted by Crippen LogP contribution is 2.40. The molecule has 6 rings (SSSR count). The Labute approximate surface area is 207 Å². The molecule has 0 atom stereocenters. The zero-order valence-corrected chi connectivity index (χ0v) is 20.7. The van der Waals surface area contributed by atoms with Crippen molar-refractivity contribution in [3.8, 4) is 22.3 Å². The number of hydrogen-bond donors (Lipinski definition) is 0. The maximum absolute atomic E-state index is 6.45. The first kappa shape index (κ1) is 22.1. The lowest BCUT2D eigenvalue weighted by Crippen LogP contribution is -2.41. The highest BCUT2D eigenvalue weighted by Gasteiger charge is 2.52. The van der Waals surface area contributed by atoms with Gasteiger partial charge in [0.2, 0.25) is 0 Å². The maximum atomic E-state index is 6.45. The molecule has 0 amide bonds. The van der Waals surface area contributed by atoms with Crippen LogP contribution in [0.1, 0.15) is 27.7 Å². The second kappa shape index (κ2) is 8.08. The van der Waals surface area contributed by atoms with Crippen molar-refractivity contribution >= 4 is 34.1 Å². The Bertz CT molecular complexity index is 1550. The van der Waals surface area contributed by atoms with Crippen molar-refractivity contribution < 1.29 is 9.31 Å². The predicted molar refractivity (Wildman–Crippen MR) is 148 cm³/mol. The third kappa shape index (κ3) is 3.58. The minimum atomic E-state index is -0.416. The minimum absolute atomic E-state index is 0.388. The Hall–Kier alpha value is -3.40. The fraction of sp³-hybridized carbons (Fsp3) is 0.188. The smallest absolute Gasteiger partial charge is 0.399 e. The highest BCUT2D eigenvalue weighted by molar-refractivity contribution is 6.64. The van der Waals surface area contributed by atoms with Crippen molar-refractivity contribution in [2.45, 2.75) is 38.9 Å². The van der Waals surface area contributed by atoms with Gasteiger partial charge in [-0.1, -0.05) is 103 Å². The summed E-state index contributed by atoms with van der Waals surface area (Å²) >= 11 is 0. The fourth-order valence-electron chi connectivity index (χ4n) is 5.15. The first-order valence-corrected chi connectivity index (χ1v) is 12.3. The van der Waals surface area contributed by atoms with E-state index in [9.17, 15) is 0 Å². The van der Waals surface area contributed by atoms with Gasteiger partial charge >= 0.3 is 7.12 Å². The van der Waals surface area contributed by atoms with Gasteiger partial charge in [0, 0.05) is 0 Å². The number of rotatable bonds is 3. The van der Waals surface area contributed by atoms with E-state index in [4.69, 9.17) is 9.31 Å². The summed E-state index contributed by atoms with van der Waals surface area (Å²) in [4.78, 5) is 0. The van der Waals surface area contributed by atoms with Gasteiger partial charge in [0.1, 0.15) is 0 Å². The van der Waals surface area contributed by atoms with Gasteiger partial charge in [0.05, 0.1) is 11.2 Å². The van der Waals surface area contributed by atoms with Crippen LogP contribution in [-0.4, -0.2) is 18.3 Å². The van der Waals surface area contributed by atoms with Gasteiger partial charge in [0.25, 0.3) is 0 Å². The molecule has 0 saturated carbocycles. The molecule has 172 valence electrons. The van der Waals surface area contributed by atoms with Crippen molar-refractivity contribution in [2.24, 2.45) is 0 Å². The van der Waals surface area contributed by atoms with Crippen molar-refractivity contribution in [1.29, 1.82) is 0 Å². The molecule has 0 aliphatic carbocycles. The molecule has 1 saturated heterocycles. The average Bonchev–Trinajstić information content (AvgIpc) is 3.10. The van der Waals surface area contributed by atoms with Crippen LogP contribution in [0.5, 0.6) is 0 Å². The molecule has 5 aromatic rings. The van der Waals surface area contributed by atoms with E-state index in [0.29, 0.717) is 0 Å². The SMILES string of the molecule is CC1(C)OB(c2ccccc2-c2ccccc2-c2cccc3c2ccc2ccccc23)OC1(C)C. The quantitative estimate of drug-likeness (QED) is 0.205. The average molecular weight is 456 g/mol. The van der Waals surface area contributed by atoms with Crippen molar-refractivity contribution in [2.75, 3.05) is 0 Å². The molecular formula is C32H29BO2. The van der Waals surface area contributed by atoms with Crippen LogP contribution in [0.15, 0.2) is 103 Å². The van der Waals surface area contributed by atoms with Crippen molar-refractivity contribution in [1.82, 2.24) is 0 Å². The van der Waals surface area contributed by atoms with Gasteiger partial charge in [-0.25, -0.2) is 0 Å². The molecular weight excluding hydrogens is 427 g/mol. The molecule has 0 aromatic heterocycles. The van der Waals surface area contributed by atoms with Crippen LogP contribution in [0.25, 0.3) is 43.8 Å². The summed E-state index contributed by atoms with van der Waals surface area (Å²) < 4.78 is 12.9. The van der Waals surface area contributed by atoms with E-state index >= 15 is 0 Å². The summed E-state index contributed by atoms with van der Waals surface area (Å²) in [7, 11) is -0.416. The molecule has 1 aliphatic rings. The summed E-state index contributed by atoms with van der Waals surface area (Å²) in [5.74, 6) is 0. The lowest BCUT2D eigenvalue weighted by Gasteiger charge is -2.32. The van der Waals surface area contributed by atoms with Gasteiger partial charge < -0.3 is 9.31 Å². The topological polar surface area (TPSA) is 18.5 Å². The van der Waals surface area contributed by atoms with Crippen LogP contribution >= 0.6 is 0 Å². The Morgan fingerprint density at radius 2 is 1.00 bits per heavy atom. The van der Waals surface area contributed by atoms with Crippen LogP contribution in [0.4, 0.5) is 0 Å². The molecule has 0 spiro atoms. The van der Waals surface area contributed by atoms with E-state index in [-0.39, 0.29) is 11.2 Å². The maximum Gasteiger partial charge on any atom is 0.495 e. The van der Waals surface area contributed by atoms with Gasteiger partial charge in [-0.3, -0.25) is 0 Å². The minimum Gasteiger partial charge on any atom is -0.399 e. The summed E-state index contributed by atoms with van der Waals surface area (Å²) in [6, 6.07) is 36.8. The number of benzene rings is 5. The van der Waals surface area contributed by atoms with Crippen LogP contribution in [-0.2, 0) is 9.31 Å². The standard InChI is InChI=1S/C32H29BO2/c1-31(2)32(3,4)35-33(34-31)30-19-10-9-16-29(30)27-15-8-7-14-25(27)26-18-11-17-24-23-13-6-5-12-22(23)20-21-28(24)26/h5-21H,1-4H3. The molecule has 0 radical (unpaired) electrons. The van der Waals surface area contributed by atoms with Crippen LogP contribution in [0.3, 0.4) is 0 Å².